The largest absolute Gasteiger partial charge is 0.457 e. The van der Waals surface area contributed by atoms with E-state index in [1.54, 1.807) is 0 Å². The van der Waals surface area contributed by atoms with Crippen molar-refractivity contribution in [1.82, 2.24) is 0 Å². The first-order chi connectivity index (χ1) is 12.3. The predicted molar refractivity (Wildman–Crippen MR) is 101 cm³/mol. The van der Waals surface area contributed by atoms with Crippen LogP contribution in [0.1, 0.15) is 62.2 Å². The summed E-state index contributed by atoms with van der Waals surface area (Å²) in [5.74, 6) is 1.93. The molecule has 0 saturated carbocycles. The third-order valence-electron chi connectivity index (χ3n) is 6.04. The second-order valence-corrected chi connectivity index (χ2v) is 9.37. The Bertz CT molecular complexity index is 810. The summed E-state index contributed by atoms with van der Waals surface area (Å²) in [4.78, 5) is 0. The van der Waals surface area contributed by atoms with Crippen LogP contribution in [0.15, 0.2) is 36.4 Å². The molecule has 0 amide bonds. The minimum atomic E-state index is 0.185. The van der Waals surface area contributed by atoms with Gasteiger partial charge in [0.05, 0.1) is 25.4 Å². The van der Waals surface area contributed by atoms with Crippen LogP contribution in [-0.2, 0) is 15.9 Å². The highest BCUT2D eigenvalue weighted by Gasteiger charge is 2.42. The van der Waals surface area contributed by atoms with E-state index >= 15 is 0 Å². The zero-order valence-electron chi connectivity index (χ0n) is 16.0. The van der Waals surface area contributed by atoms with Crippen LogP contribution in [0.5, 0.6) is 11.5 Å². The van der Waals surface area contributed by atoms with Crippen molar-refractivity contribution in [3.05, 3.63) is 58.7 Å². The van der Waals surface area contributed by atoms with E-state index in [0.717, 1.165) is 31.1 Å². The molecule has 0 spiro atoms. The van der Waals surface area contributed by atoms with Crippen molar-refractivity contribution in [1.29, 1.82) is 0 Å². The van der Waals surface area contributed by atoms with Crippen LogP contribution in [0.25, 0.3) is 0 Å². The van der Waals surface area contributed by atoms with E-state index in [-0.39, 0.29) is 23.0 Å². The van der Waals surface area contributed by atoms with Crippen LogP contribution >= 0.6 is 0 Å². The van der Waals surface area contributed by atoms with E-state index in [2.05, 4.69) is 64.1 Å². The summed E-state index contributed by atoms with van der Waals surface area (Å²) in [6.07, 6.45) is 1.27. The van der Waals surface area contributed by atoms with Crippen LogP contribution in [-0.4, -0.2) is 13.2 Å². The Kier molecular flexibility index (Phi) is 3.35. The van der Waals surface area contributed by atoms with Crippen molar-refractivity contribution in [2.45, 2.75) is 46.3 Å². The van der Waals surface area contributed by atoms with Crippen LogP contribution in [0.3, 0.4) is 0 Å². The molecular formula is C23H26O3. The van der Waals surface area contributed by atoms with Crippen molar-refractivity contribution in [2.75, 3.05) is 13.2 Å². The van der Waals surface area contributed by atoms with Gasteiger partial charge in [0, 0.05) is 17.3 Å². The molecule has 0 radical (unpaired) electrons. The Morgan fingerprint density at radius 2 is 1.19 bits per heavy atom. The third-order valence-corrected chi connectivity index (χ3v) is 6.04. The molecule has 2 saturated heterocycles. The normalized spacial score (nSPS) is 27.4. The summed E-state index contributed by atoms with van der Waals surface area (Å²) in [6.45, 7) is 10.7. The van der Waals surface area contributed by atoms with E-state index in [9.17, 15) is 0 Å². The number of fused-ring (bicyclic) bond motifs is 2. The van der Waals surface area contributed by atoms with Gasteiger partial charge in [0.15, 0.2) is 0 Å². The summed E-state index contributed by atoms with van der Waals surface area (Å²) in [5.41, 5.74) is 5.42. The van der Waals surface area contributed by atoms with Gasteiger partial charge in [-0.2, -0.15) is 0 Å². The SMILES string of the molecule is CC1(C)COC1c1ccc2c(c1)Cc1cc(C3OCC3(C)C)ccc1O2. The van der Waals surface area contributed by atoms with Crippen molar-refractivity contribution >= 4 is 0 Å². The fourth-order valence-corrected chi connectivity index (χ4v) is 4.42. The van der Waals surface area contributed by atoms with Gasteiger partial charge in [-0.05, 0) is 46.5 Å². The molecule has 2 unspecified atom stereocenters. The topological polar surface area (TPSA) is 27.7 Å². The Hall–Kier alpha value is -1.84. The van der Waals surface area contributed by atoms with E-state index in [1.165, 1.54) is 22.3 Å². The van der Waals surface area contributed by atoms with Crippen LogP contribution in [0.2, 0.25) is 0 Å². The number of hydrogen-bond acceptors (Lipinski definition) is 3. The number of ether oxygens (including phenoxy) is 3. The first-order valence-corrected chi connectivity index (χ1v) is 9.50. The fraction of sp³-hybridized carbons (Fsp3) is 0.478. The molecule has 0 aliphatic carbocycles. The number of rotatable bonds is 2. The molecule has 136 valence electrons. The molecule has 2 aromatic carbocycles. The lowest BCUT2D eigenvalue weighted by Gasteiger charge is -2.45. The standard InChI is InChI=1S/C23H26O3/c1-22(2)12-24-20(22)14-5-7-18-16(9-14)11-17-10-15(6-8-19(17)26-18)21-23(3,4)13-25-21/h5-10,20-21H,11-13H2,1-4H3. The molecule has 3 nitrogen and oxygen atoms in total. The smallest absolute Gasteiger partial charge is 0.130 e. The van der Waals surface area contributed by atoms with E-state index in [4.69, 9.17) is 14.2 Å². The minimum Gasteiger partial charge on any atom is -0.457 e. The molecular weight excluding hydrogens is 324 g/mol. The third kappa shape index (κ3) is 2.41. The molecule has 26 heavy (non-hydrogen) atoms. The molecule has 3 heteroatoms. The zero-order valence-corrected chi connectivity index (χ0v) is 16.0. The van der Waals surface area contributed by atoms with Crippen LogP contribution < -0.4 is 4.74 Å². The van der Waals surface area contributed by atoms with Gasteiger partial charge in [0.1, 0.15) is 11.5 Å². The summed E-state index contributed by atoms with van der Waals surface area (Å²) >= 11 is 0. The van der Waals surface area contributed by atoms with Crippen molar-refractivity contribution in [3.63, 3.8) is 0 Å². The fourth-order valence-electron chi connectivity index (χ4n) is 4.42. The van der Waals surface area contributed by atoms with E-state index in [0.29, 0.717) is 0 Å². The monoisotopic (exact) mass is 350 g/mol. The minimum absolute atomic E-state index is 0.185. The zero-order chi connectivity index (χ0) is 18.1. The number of hydrogen-bond donors (Lipinski definition) is 0. The summed E-state index contributed by atoms with van der Waals surface area (Å²) < 4.78 is 17.8. The Balaban J connectivity index is 1.45. The Morgan fingerprint density at radius 1 is 0.731 bits per heavy atom. The van der Waals surface area contributed by atoms with Gasteiger partial charge < -0.3 is 14.2 Å². The second-order valence-electron chi connectivity index (χ2n) is 9.37. The van der Waals surface area contributed by atoms with E-state index in [1.807, 2.05) is 0 Å². The average Bonchev–Trinajstić information content (AvgIpc) is 2.58. The van der Waals surface area contributed by atoms with Crippen molar-refractivity contribution < 1.29 is 14.2 Å². The molecule has 0 N–H and O–H groups in total. The molecule has 2 atom stereocenters. The van der Waals surface area contributed by atoms with Gasteiger partial charge in [-0.15, -0.1) is 0 Å². The Morgan fingerprint density at radius 3 is 1.54 bits per heavy atom. The highest BCUT2D eigenvalue weighted by molar-refractivity contribution is 5.52. The maximum Gasteiger partial charge on any atom is 0.130 e. The van der Waals surface area contributed by atoms with Gasteiger partial charge in [0.25, 0.3) is 0 Å². The molecule has 0 aromatic heterocycles. The molecule has 3 heterocycles. The van der Waals surface area contributed by atoms with Crippen LogP contribution in [0.4, 0.5) is 0 Å². The number of benzene rings is 2. The first kappa shape index (κ1) is 16.3. The average molecular weight is 350 g/mol. The molecule has 2 aromatic rings. The summed E-state index contributed by atoms with van der Waals surface area (Å²) in [5, 5.41) is 0. The molecule has 3 aliphatic rings. The van der Waals surface area contributed by atoms with Gasteiger partial charge >= 0.3 is 0 Å². The molecule has 3 aliphatic heterocycles. The van der Waals surface area contributed by atoms with Gasteiger partial charge in [-0.1, -0.05) is 39.8 Å². The lowest BCUT2D eigenvalue weighted by atomic mass is 9.77. The van der Waals surface area contributed by atoms with Crippen LogP contribution in [0, 0.1) is 10.8 Å². The highest BCUT2D eigenvalue weighted by atomic mass is 16.5. The Labute approximate surface area is 155 Å². The second kappa shape index (κ2) is 5.34. The summed E-state index contributed by atoms with van der Waals surface area (Å²) in [6, 6.07) is 13.0. The van der Waals surface area contributed by atoms with Gasteiger partial charge in [-0.25, -0.2) is 0 Å². The quantitative estimate of drug-likeness (QED) is 0.604. The van der Waals surface area contributed by atoms with E-state index < -0.39 is 0 Å². The first-order valence-electron chi connectivity index (χ1n) is 9.50. The van der Waals surface area contributed by atoms with Gasteiger partial charge in [0.2, 0.25) is 0 Å². The predicted octanol–water partition coefficient (Wildman–Crippen LogP) is 5.58. The maximum atomic E-state index is 6.17. The summed E-state index contributed by atoms with van der Waals surface area (Å²) in [7, 11) is 0. The molecule has 2 fully saturated rings. The highest BCUT2D eigenvalue weighted by Crippen LogP contribution is 2.49. The molecule has 5 rings (SSSR count). The van der Waals surface area contributed by atoms with Crippen molar-refractivity contribution in [2.24, 2.45) is 10.8 Å². The molecule has 0 bridgehead atoms. The lowest BCUT2D eigenvalue weighted by Crippen LogP contribution is -2.40. The maximum absolute atomic E-state index is 6.17. The lowest BCUT2D eigenvalue weighted by molar-refractivity contribution is -0.172. The van der Waals surface area contributed by atoms with Crippen molar-refractivity contribution in [3.8, 4) is 11.5 Å². The van der Waals surface area contributed by atoms with Gasteiger partial charge in [-0.3, -0.25) is 0 Å².